The highest BCUT2D eigenvalue weighted by Crippen LogP contribution is 2.15. The first-order valence-corrected chi connectivity index (χ1v) is 6.64. The molecule has 1 aromatic rings. The van der Waals surface area contributed by atoms with Crippen molar-refractivity contribution in [3.05, 3.63) is 28.7 Å². The molecule has 0 aliphatic rings. The Labute approximate surface area is 112 Å². The molecule has 0 saturated carbocycles. The fourth-order valence-electron chi connectivity index (χ4n) is 1.27. The molecule has 96 valence electrons. The van der Waals surface area contributed by atoms with Crippen LogP contribution in [0.3, 0.4) is 0 Å². The first-order chi connectivity index (χ1) is 8.09. The zero-order chi connectivity index (χ0) is 12.7. The van der Waals surface area contributed by atoms with Gasteiger partial charge in [-0.3, -0.25) is 0 Å². The van der Waals surface area contributed by atoms with E-state index in [0.717, 1.165) is 23.3 Å². The summed E-state index contributed by atoms with van der Waals surface area (Å²) in [7, 11) is 4.18. The van der Waals surface area contributed by atoms with Crippen molar-refractivity contribution in [2.24, 2.45) is 0 Å². The summed E-state index contributed by atoms with van der Waals surface area (Å²) in [4.78, 5) is 2.20. The third kappa shape index (κ3) is 6.05. The summed E-state index contributed by atoms with van der Waals surface area (Å²) in [5, 5.41) is 3.37. The molecule has 0 amide bonds. The normalized spacial score (nSPS) is 12.8. The van der Waals surface area contributed by atoms with Gasteiger partial charge in [0.15, 0.2) is 0 Å². The number of rotatable bonds is 7. The second-order valence-electron chi connectivity index (χ2n) is 4.32. The molecule has 0 spiro atoms. The van der Waals surface area contributed by atoms with Crippen molar-refractivity contribution >= 4 is 15.9 Å². The third-order valence-electron chi connectivity index (χ3n) is 2.68. The van der Waals surface area contributed by atoms with E-state index in [1.165, 1.54) is 0 Å². The maximum Gasteiger partial charge on any atom is 0.119 e. The van der Waals surface area contributed by atoms with E-state index >= 15 is 0 Å². The minimum Gasteiger partial charge on any atom is -0.492 e. The van der Waals surface area contributed by atoms with Gasteiger partial charge in [0.1, 0.15) is 12.4 Å². The minimum absolute atomic E-state index is 0.544. The van der Waals surface area contributed by atoms with E-state index in [2.05, 4.69) is 47.2 Å². The first kappa shape index (κ1) is 14.5. The summed E-state index contributed by atoms with van der Waals surface area (Å²) >= 11 is 3.40. The maximum absolute atomic E-state index is 5.61. The second-order valence-corrected chi connectivity index (χ2v) is 5.23. The van der Waals surface area contributed by atoms with E-state index in [9.17, 15) is 0 Å². The minimum atomic E-state index is 0.544. The molecule has 0 bridgehead atoms. The summed E-state index contributed by atoms with van der Waals surface area (Å²) in [6.07, 6.45) is 0. The number of likely N-dealkylation sites (N-methyl/N-ethyl adjacent to an activating group) is 1. The molecular weight excluding hydrogens is 280 g/mol. The van der Waals surface area contributed by atoms with Gasteiger partial charge in [-0.1, -0.05) is 15.9 Å². The van der Waals surface area contributed by atoms with Gasteiger partial charge in [0, 0.05) is 23.6 Å². The molecule has 0 fully saturated rings. The van der Waals surface area contributed by atoms with Crippen LogP contribution in [0.2, 0.25) is 0 Å². The zero-order valence-corrected chi connectivity index (χ0v) is 12.3. The van der Waals surface area contributed by atoms with E-state index < -0.39 is 0 Å². The molecule has 1 atom stereocenters. The number of nitrogens with one attached hydrogen (secondary N) is 1. The fourth-order valence-corrected chi connectivity index (χ4v) is 1.53. The van der Waals surface area contributed by atoms with Crippen molar-refractivity contribution in [2.45, 2.75) is 13.0 Å². The largest absolute Gasteiger partial charge is 0.492 e. The number of hydrogen-bond acceptors (Lipinski definition) is 3. The first-order valence-electron chi connectivity index (χ1n) is 5.85. The van der Waals surface area contributed by atoms with E-state index in [0.29, 0.717) is 12.6 Å². The molecule has 1 rings (SSSR count). The molecule has 0 aromatic heterocycles. The van der Waals surface area contributed by atoms with Gasteiger partial charge in [-0.2, -0.15) is 0 Å². The lowest BCUT2D eigenvalue weighted by atomic mass is 10.3. The highest BCUT2D eigenvalue weighted by atomic mass is 79.9. The highest BCUT2D eigenvalue weighted by molar-refractivity contribution is 9.10. The Morgan fingerprint density at radius 1 is 1.29 bits per heavy atom. The molecule has 1 aromatic carbocycles. The van der Waals surface area contributed by atoms with Gasteiger partial charge in [-0.05, 0) is 45.3 Å². The van der Waals surface area contributed by atoms with Crippen LogP contribution in [-0.2, 0) is 0 Å². The van der Waals surface area contributed by atoms with E-state index in [4.69, 9.17) is 4.74 Å². The summed E-state index contributed by atoms with van der Waals surface area (Å²) in [6.45, 7) is 4.75. The molecule has 4 heteroatoms. The second kappa shape index (κ2) is 7.69. The standard InChI is InChI=1S/C13H21BrN2O/c1-11(16(2)3)10-15-8-9-17-13-6-4-12(14)5-7-13/h4-7,11,15H,8-10H2,1-3H3. The van der Waals surface area contributed by atoms with Gasteiger partial charge in [0.2, 0.25) is 0 Å². The SMILES string of the molecule is CC(CNCCOc1ccc(Br)cc1)N(C)C. The smallest absolute Gasteiger partial charge is 0.119 e. The van der Waals surface area contributed by atoms with Gasteiger partial charge >= 0.3 is 0 Å². The van der Waals surface area contributed by atoms with Crippen molar-refractivity contribution < 1.29 is 4.74 Å². The van der Waals surface area contributed by atoms with Crippen LogP contribution < -0.4 is 10.1 Å². The van der Waals surface area contributed by atoms with Crippen LogP contribution in [0.25, 0.3) is 0 Å². The van der Waals surface area contributed by atoms with Crippen LogP contribution in [0.1, 0.15) is 6.92 Å². The van der Waals surface area contributed by atoms with Crippen molar-refractivity contribution in [1.82, 2.24) is 10.2 Å². The van der Waals surface area contributed by atoms with E-state index in [-0.39, 0.29) is 0 Å². The van der Waals surface area contributed by atoms with Gasteiger partial charge in [-0.15, -0.1) is 0 Å². The van der Waals surface area contributed by atoms with Crippen LogP contribution >= 0.6 is 15.9 Å². The van der Waals surface area contributed by atoms with Gasteiger partial charge in [0.05, 0.1) is 0 Å². The van der Waals surface area contributed by atoms with E-state index in [1.807, 2.05) is 24.3 Å². The molecule has 1 unspecified atom stereocenters. The molecule has 1 N–H and O–H groups in total. The third-order valence-corrected chi connectivity index (χ3v) is 3.21. The van der Waals surface area contributed by atoms with Crippen molar-refractivity contribution in [1.29, 1.82) is 0 Å². The Morgan fingerprint density at radius 3 is 2.53 bits per heavy atom. The van der Waals surface area contributed by atoms with Crippen LogP contribution in [0.15, 0.2) is 28.7 Å². The van der Waals surface area contributed by atoms with Crippen molar-refractivity contribution in [3.8, 4) is 5.75 Å². The van der Waals surface area contributed by atoms with Crippen LogP contribution in [0, 0.1) is 0 Å². The number of ether oxygens (including phenoxy) is 1. The van der Waals surface area contributed by atoms with Crippen LogP contribution in [0.4, 0.5) is 0 Å². The lowest BCUT2D eigenvalue weighted by Crippen LogP contribution is -2.36. The summed E-state index contributed by atoms with van der Waals surface area (Å²) in [5.74, 6) is 0.913. The Hall–Kier alpha value is -0.580. The fraction of sp³-hybridized carbons (Fsp3) is 0.538. The van der Waals surface area contributed by atoms with Crippen molar-refractivity contribution in [2.75, 3.05) is 33.8 Å². The predicted octanol–water partition coefficient (Wildman–Crippen LogP) is 2.37. The lowest BCUT2D eigenvalue weighted by Gasteiger charge is -2.20. The monoisotopic (exact) mass is 300 g/mol. The Morgan fingerprint density at radius 2 is 1.94 bits per heavy atom. The predicted molar refractivity (Wildman–Crippen MR) is 75.7 cm³/mol. The zero-order valence-electron chi connectivity index (χ0n) is 10.7. The Bertz CT molecular complexity index is 314. The number of halogens is 1. The Balaban J connectivity index is 2.10. The molecule has 17 heavy (non-hydrogen) atoms. The average molecular weight is 301 g/mol. The maximum atomic E-state index is 5.61. The van der Waals surface area contributed by atoms with Crippen LogP contribution in [0.5, 0.6) is 5.75 Å². The van der Waals surface area contributed by atoms with Crippen LogP contribution in [-0.4, -0.2) is 44.7 Å². The van der Waals surface area contributed by atoms with Gasteiger partial charge < -0.3 is 15.0 Å². The lowest BCUT2D eigenvalue weighted by molar-refractivity contribution is 0.280. The van der Waals surface area contributed by atoms with Crippen molar-refractivity contribution in [3.63, 3.8) is 0 Å². The molecule has 0 heterocycles. The molecule has 0 saturated heterocycles. The molecule has 0 aliphatic carbocycles. The van der Waals surface area contributed by atoms with Gasteiger partial charge in [-0.25, -0.2) is 0 Å². The van der Waals surface area contributed by atoms with Gasteiger partial charge in [0.25, 0.3) is 0 Å². The summed E-state index contributed by atoms with van der Waals surface area (Å²) in [6, 6.07) is 8.44. The quantitative estimate of drug-likeness (QED) is 0.783. The number of benzene rings is 1. The molecule has 0 aliphatic heterocycles. The highest BCUT2D eigenvalue weighted by Gasteiger charge is 2.02. The molecular formula is C13H21BrN2O. The topological polar surface area (TPSA) is 24.5 Å². The Kier molecular flexibility index (Phi) is 6.55. The molecule has 3 nitrogen and oxygen atoms in total. The number of nitrogens with zero attached hydrogens (tertiary/aromatic N) is 1. The van der Waals surface area contributed by atoms with E-state index in [1.54, 1.807) is 0 Å². The average Bonchev–Trinajstić information content (AvgIpc) is 2.30. The summed E-state index contributed by atoms with van der Waals surface area (Å²) in [5.41, 5.74) is 0. The number of hydrogen-bond donors (Lipinski definition) is 1. The molecule has 0 radical (unpaired) electrons. The summed E-state index contributed by atoms with van der Waals surface area (Å²) < 4.78 is 6.68.